The van der Waals surface area contributed by atoms with Gasteiger partial charge in [-0.25, -0.2) is 0 Å². The number of benzene rings is 2. The van der Waals surface area contributed by atoms with Crippen molar-refractivity contribution in [2.75, 3.05) is 0 Å². The Balaban J connectivity index is 2.09. The second kappa shape index (κ2) is 6.07. The van der Waals surface area contributed by atoms with Gasteiger partial charge in [-0.3, -0.25) is 0 Å². The zero-order valence-corrected chi connectivity index (χ0v) is 10.1. The summed E-state index contributed by atoms with van der Waals surface area (Å²) < 4.78 is 0. The quantitative estimate of drug-likeness (QED) is 0.664. The number of hydrogen-bond acceptors (Lipinski definition) is 0. The van der Waals surface area contributed by atoms with Gasteiger partial charge in [0.05, 0.1) is 0 Å². The molecule has 0 amide bonds. The zero-order chi connectivity index (χ0) is 11.9. The first kappa shape index (κ1) is 11.7. The fourth-order valence-electron chi connectivity index (χ4n) is 1.50. The Morgan fingerprint density at radius 1 is 0.824 bits per heavy atom. The fourth-order valence-corrected chi connectivity index (χ4v) is 1.70. The maximum Gasteiger partial charge on any atom is 0.0478 e. The van der Waals surface area contributed by atoms with Crippen molar-refractivity contribution in [2.45, 2.75) is 0 Å². The van der Waals surface area contributed by atoms with Crippen LogP contribution in [0.5, 0.6) is 0 Å². The second-order valence-electron chi connectivity index (χ2n) is 3.65. The molecule has 0 saturated carbocycles. The summed E-state index contributed by atoms with van der Waals surface area (Å²) in [6, 6.07) is 20.1. The van der Waals surface area contributed by atoms with Crippen molar-refractivity contribution in [3.05, 3.63) is 83.9 Å². The SMILES string of the molecule is ClC(=CC=Cc1ccccc1)c1ccccc1. The summed E-state index contributed by atoms with van der Waals surface area (Å²) in [5.74, 6) is 0. The summed E-state index contributed by atoms with van der Waals surface area (Å²) in [4.78, 5) is 0. The summed E-state index contributed by atoms with van der Waals surface area (Å²) in [7, 11) is 0. The summed E-state index contributed by atoms with van der Waals surface area (Å²) in [5, 5.41) is 0.748. The van der Waals surface area contributed by atoms with E-state index in [2.05, 4.69) is 12.1 Å². The highest BCUT2D eigenvalue weighted by Crippen LogP contribution is 2.18. The lowest BCUT2D eigenvalue weighted by molar-refractivity contribution is 1.64. The van der Waals surface area contributed by atoms with Crippen LogP contribution in [0.3, 0.4) is 0 Å². The molecule has 0 aromatic heterocycles. The van der Waals surface area contributed by atoms with E-state index in [0.29, 0.717) is 0 Å². The Hall–Kier alpha value is -1.79. The largest absolute Gasteiger partial charge is 0.0837 e. The first-order valence-electron chi connectivity index (χ1n) is 5.50. The van der Waals surface area contributed by atoms with Gasteiger partial charge < -0.3 is 0 Å². The average Bonchev–Trinajstić information content (AvgIpc) is 2.41. The van der Waals surface area contributed by atoms with Crippen LogP contribution in [0.2, 0.25) is 0 Å². The average molecular weight is 241 g/mol. The molecule has 0 unspecified atom stereocenters. The van der Waals surface area contributed by atoms with Crippen LogP contribution in [0.1, 0.15) is 11.1 Å². The minimum absolute atomic E-state index is 0.748. The number of allylic oxidation sites excluding steroid dienone is 2. The lowest BCUT2D eigenvalue weighted by Crippen LogP contribution is -1.74. The van der Waals surface area contributed by atoms with Crippen LogP contribution >= 0.6 is 11.6 Å². The monoisotopic (exact) mass is 240 g/mol. The molecule has 17 heavy (non-hydrogen) atoms. The fraction of sp³-hybridized carbons (Fsp3) is 0. The molecule has 0 aliphatic carbocycles. The molecular weight excluding hydrogens is 228 g/mol. The van der Waals surface area contributed by atoms with Crippen LogP contribution in [-0.2, 0) is 0 Å². The van der Waals surface area contributed by atoms with E-state index in [1.807, 2.05) is 66.8 Å². The summed E-state index contributed by atoms with van der Waals surface area (Å²) >= 11 is 6.18. The number of halogens is 1. The van der Waals surface area contributed by atoms with Crippen molar-refractivity contribution in [1.29, 1.82) is 0 Å². The maximum absolute atomic E-state index is 6.18. The Kier molecular flexibility index (Phi) is 4.17. The molecule has 0 spiro atoms. The van der Waals surface area contributed by atoms with E-state index in [1.165, 1.54) is 5.56 Å². The Bertz CT molecular complexity index is 510. The molecule has 2 aromatic rings. The normalized spacial score (nSPS) is 11.9. The Morgan fingerprint density at radius 2 is 1.41 bits per heavy atom. The molecular formula is C16H13Cl. The minimum Gasteiger partial charge on any atom is -0.0837 e. The van der Waals surface area contributed by atoms with E-state index in [0.717, 1.165) is 10.6 Å². The maximum atomic E-state index is 6.18. The molecule has 0 radical (unpaired) electrons. The van der Waals surface area contributed by atoms with Gasteiger partial charge in [-0.15, -0.1) is 0 Å². The third-order valence-corrected chi connectivity index (χ3v) is 2.72. The predicted octanol–water partition coefficient (Wildman–Crippen LogP) is 4.98. The highest BCUT2D eigenvalue weighted by atomic mass is 35.5. The van der Waals surface area contributed by atoms with Crippen molar-refractivity contribution in [2.24, 2.45) is 0 Å². The van der Waals surface area contributed by atoms with Crippen molar-refractivity contribution < 1.29 is 0 Å². The number of rotatable bonds is 3. The summed E-state index contributed by atoms with van der Waals surface area (Å²) in [5.41, 5.74) is 2.20. The molecule has 0 heterocycles. The molecule has 0 saturated heterocycles. The molecule has 0 atom stereocenters. The van der Waals surface area contributed by atoms with Crippen LogP contribution in [0.15, 0.2) is 72.8 Å². The van der Waals surface area contributed by atoms with Crippen LogP contribution in [0.4, 0.5) is 0 Å². The lowest BCUT2D eigenvalue weighted by atomic mass is 10.2. The van der Waals surface area contributed by atoms with Gasteiger partial charge in [0.2, 0.25) is 0 Å². The molecule has 1 heteroatoms. The molecule has 0 bridgehead atoms. The lowest BCUT2D eigenvalue weighted by Gasteiger charge is -1.96. The standard InChI is InChI=1S/C16H13Cl/c17-16(15-11-5-2-6-12-15)13-7-10-14-8-3-1-4-9-14/h1-13H. The third kappa shape index (κ3) is 3.61. The van der Waals surface area contributed by atoms with E-state index in [9.17, 15) is 0 Å². The molecule has 0 nitrogen and oxygen atoms in total. The van der Waals surface area contributed by atoms with Gasteiger partial charge in [-0.2, -0.15) is 0 Å². The van der Waals surface area contributed by atoms with Gasteiger partial charge in [0.15, 0.2) is 0 Å². The van der Waals surface area contributed by atoms with E-state index >= 15 is 0 Å². The van der Waals surface area contributed by atoms with Crippen molar-refractivity contribution in [3.8, 4) is 0 Å². The summed E-state index contributed by atoms with van der Waals surface area (Å²) in [6.45, 7) is 0. The van der Waals surface area contributed by atoms with E-state index in [-0.39, 0.29) is 0 Å². The molecule has 84 valence electrons. The first-order valence-corrected chi connectivity index (χ1v) is 5.88. The Labute approximate surface area is 107 Å². The molecule has 0 fully saturated rings. The predicted molar refractivity (Wildman–Crippen MR) is 75.7 cm³/mol. The summed E-state index contributed by atoms with van der Waals surface area (Å²) in [6.07, 6.45) is 5.90. The third-order valence-electron chi connectivity index (χ3n) is 2.38. The van der Waals surface area contributed by atoms with Crippen LogP contribution in [0.25, 0.3) is 11.1 Å². The van der Waals surface area contributed by atoms with Crippen molar-refractivity contribution in [3.63, 3.8) is 0 Å². The van der Waals surface area contributed by atoms with Gasteiger partial charge in [0, 0.05) is 5.03 Å². The molecule has 0 N–H and O–H groups in total. The smallest absolute Gasteiger partial charge is 0.0478 e. The topological polar surface area (TPSA) is 0 Å². The van der Waals surface area contributed by atoms with E-state index in [1.54, 1.807) is 0 Å². The van der Waals surface area contributed by atoms with Crippen LogP contribution in [-0.4, -0.2) is 0 Å². The molecule has 2 aromatic carbocycles. The minimum atomic E-state index is 0.748. The van der Waals surface area contributed by atoms with Crippen molar-refractivity contribution in [1.82, 2.24) is 0 Å². The van der Waals surface area contributed by atoms with Gasteiger partial charge >= 0.3 is 0 Å². The second-order valence-corrected chi connectivity index (χ2v) is 4.06. The van der Waals surface area contributed by atoms with Crippen LogP contribution < -0.4 is 0 Å². The Morgan fingerprint density at radius 3 is 2.06 bits per heavy atom. The van der Waals surface area contributed by atoms with E-state index in [4.69, 9.17) is 11.6 Å². The highest BCUT2D eigenvalue weighted by molar-refractivity contribution is 6.48. The van der Waals surface area contributed by atoms with Crippen molar-refractivity contribution >= 4 is 22.7 Å². The van der Waals surface area contributed by atoms with Crippen LogP contribution in [0, 0.1) is 0 Å². The molecule has 2 rings (SSSR count). The highest BCUT2D eigenvalue weighted by Gasteiger charge is 1.93. The first-order chi connectivity index (χ1) is 8.36. The van der Waals surface area contributed by atoms with Gasteiger partial charge in [0.25, 0.3) is 0 Å². The van der Waals surface area contributed by atoms with Gasteiger partial charge in [-0.05, 0) is 17.2 Å². The van der Waals surface area contributed by atoms with E-state index < -0.39 is 0 Å². The van der Waals surface area contributed by atoms with Gasteiger partial charge in [0.1, 0.15) is 0 Å². The van der Waals surface area contributed by atoms with Gasteiger partial charge in [-0.1, -0.05) is 84.4 Å². The molecule has 0 aliphatic rings. The zero-order valence-electron chi connectivity index (χ0n) is 9.38. The molecule has 0 aliphatic heterocycles. The number of hydrogen-bond donors (Lipinski definition) is 0.